The van der Waals surface area contributed by atoms with Crippen molar-refractivity contribution in [1.29, 1.82) is 0 Å². The molecule has 3 rings (SSSR count). The molecule has 6 nitrogen and oxygen atoms in total. The van der Waals surface area contributed by atoms with Crippen LogP contribution < -0.4 is 0 Å². The van der Waals surface area contributed by atoms with Gasteiger partial charge in [-0.2, -0.15) is 4.98 Å². The Hall–Kier alpha value is -1.76. The number of nitrogens with zero attached hydrogens (tertiary/aromatic N) is 3. The third kappa shape index (κ3) is 3.29. The Morgan fingerprint density at radius 1 is 1.29 bits per heavy atom. The molecule has 0 bridgehead atoms. The summed E-state index contributed by atoms with van der Waals surface area (Å²) in [6.45, 7) is 1.58. The molecule has 2 aromatic rings. The first-order valence-corrected chi connectivity index (χ1v) is 7.12. The molecule has 1 aromatic carbocycles. The monoisotopic (exact) mass is 289 g/mol. The van der Waals surface area contributed by atoms with Crippen molar-refractivity contribution >= 4 is 0 Å². The summed E-state index contributed by atoms with van der Waals surface area (Å²) in [7, 11) is 0. The lowest BCUT2D eigenvalue weighted by Gasteiger charge is -2.37. The maximum atomic E-state index is 10.2. The van der Waals surface area contributed by atoms with Crippen molar-refractivity contribution < 1.29 is 14.7 Å². The molecule has 1 fully saturated rings. The van der Waals surface area contributed by atoms with Crippen LogP contribution in [-0.4, -0.2) is 50.6 Å². The van der Waals surface area contributed by atoms with Crippen LogP contribution in [0.25, 0.3) is 11.5 Å². The van der Waals surface area contributed by atoms with Gasteiger partial charge in [0.1, 0.15) is 5.60 Å². The molecule has 1 atom stereocenters. The predicted octanol–water partition coefficient (Wildman–Crippen LogP) is 1.06. The van der Waals surface area contributed by atoms with Gasteiger partial charge in [0, 0.05) is 12.1 Å². The Morgan fingerprint density at radius 2 is 2.10 bits per heavy atom. The minimum Gasteiger partial charge on any atom is -0.393 e. The molecule has 1 aromatic heterocycles. The molecule has 2 heterocycles. The van der Waals surface area contributed by atoms with E-state index >= 15 is 0 Å². The highest BCUT2D eigenvalue weighted by molar-refractivity contribution is 5.51. The van der Waals surface area contributed by atoms with Crippen LogP contribution >= 0.6 is 0 Å². The summed E-state index contributed by atoms with van der Waals surface area (Å²) in [4.78, 5) is 6.43. The first-order chi connectivity index (χ1) is 10.2. The predicted molar refractivity (Wildman–Crippen MR) is 76.3 cm³/mol. The summed E-state index contributed by atoms with van der Waals surface area (Å²) < 4.78 is 5.27. The van der Waals surface area contributed by atoms with Crippen molar-refractivity contribution in [2.75, 3.05) is 19.7 Å². The molecule has 0 radical (unpaired) electrons. The SMILES string of the molecule is OC[C@@]1(O)CCCN(Cc2noc(-c3ccccc3)n2)C1. The van der Waals surface area contributed by atoms with Gasteiger partial charge < -0.3 is 14.7 Å². The summed E-state index contributed by atoms with van der Waals surface area (Å²) in [6, 6.07) is 9.62. The summed E-state index contributed by atoms with van der Waals surface area (Å²) >= 11 is 0. The molecule has 112 valence electrons. The van der Waals surface area contributed by atoms with E-state index in [-0.39, 0.29) is 6.61 Å². The van der Waals surface area contributed by atoms with E-state index in [1.165, 1.54) is 0 Å². The van der Waals surface area contributed by atoms with Crippen molar-refractivity contribution in [3.63, 3.8) is 0 Å². The number of aliphatic hydroxyl groups excluding tert-OH is 1. The van der Waals surface area contributed by atoms with Crippen LogP contribution in [0.5, 0.6) is 0 Å². The summed E-state index contributed by atoms with van der Waals surface area (Å²) in [5.41, 5.74) is -0.119. The van der Waals surface area contributed by atoms with E-state index in [1.54, 1.807) is 0 Å². The quantitative estimate of drug-likeness (QED) is 0.875. The summed E-state index contributed by atoms with van der Waals surface area (Å²) in [6.07, 6.45) is 1.47. The zero-order valence-corrected chi connectivity index (χ0v) is 11.8. The lowest BCUT2D eigenvalue weighted by Crippen LogP contribution is -2.50. The van der Waals surface area contributed by atoms with Crippen LogP contribution in [0.1, 0.15) is 18.7 Å². The molecule has 0 spiro atoms. The van der Waals surface area contributed by atoms with E-state index in [0.717, 1.165) is 18.5 Å². The number of likely N-dealkylation sites (tertiary alicyclic amines) is 1. The standard InChI is InChI=1S/C15H19N3O3/c19-11-15(20)7-4-8-18(10-15)9-13-16-14(21-17-13)12-5-2-1-3-6-12/h1-3,5-6,19-20H,4,7-11H2/t15-/m1/s1. The molecular formula is C15H19N3O3. The highest BCUT2D eigenvalue weighted by Crippen LogP contribution is 2.22. The van der Waals surface area contributed by atoms with Gasteiger partial charge in [0.05, 0.1) is 13.2 Å². The van der Waals surface area contributed by atoms with Crippen LogP contribution in [-0.2, 0) is 6.54 Å². The van der Waals surface area contributed by atoms with Crippen LogP contribution in [0.4, 0.5) is 0 Å². The molecule has 0 saturated carbocycles. The Kier molecular flexibility index (Phi) is 4.01. The maximum absolute atomic E-state index is 10.2. The number of aliphatic hydroxyl groups is 2. The normalized spacial score (nSPS) is 23.3. The van der Waals surface area contributed by atoms with E-state index in [4.69, 9.17) is 4.52 Å². The smallest absolute Gasteiger partial charge is 0.257 e. The fourth-order valence-corrected chi connectivity index (χ4v) is 2.69. The van der Waals surface area contributed by atoms with Gasteiger partial charge in [-0.15, -0.1) is 0 Å². The van der Waals surface area contributed by atoms with Gasteiger partial charge in [0.15, 0.2) is 5.82 Å². The zero-order valence-electron chi connectivity index (χ0n) is 11.8. The van der Waals surface area contributed by atoms with Crippen LogP contribution in [0.2, 0.25) is 0 Å². The lowest BCUT2D eigenvalue weighted by atomic mass is 9.94. The summed E-state index contributed by atoms with van der Waals surface area (Å²) in [5.74, 6) is 1.09. The largest absolute Gasteiger partial charge is 0.393 e. The van der Waals surface area contributed by atoms with Gasteiger partial charge in [0.25, 0.3) is 5.89 Å². The zero-order chi connectivity index (χ0) is 14.7. The van der Waals surface area contributed by atoms with Crippen LogP contribution in [0.15, 0.2) is 34.9 Å². The number of hydrogen-bond donors (Lipinski definition) is 2. The average Bonchev–Trinajstić information content (AvgIpc) is 2.97. The van der Waals surface area contributed by atoms with E-state index in [2.05, 4.69) is 10.1 Å². The van der Waals surface area contributed by atoms with Gasteiger partial charge in [0.2, 0.25) is 0 Å². The highest BCUT2D eigenvalue weighted by atomic mass is 16.5. The van der Waals surface area contributed by atoms with E-state index in [1.807, 2.05) is 35.2 Å². The van der Waals surface area contributed by atoms with E-state index in [9.17, 15) is 10.2 Å². The molecule has 1 aliphatic rings. The molecule has 0 amide bonds. The van der Waals surface area contributed by atoms with Gasteiger partial charge in [-0.25, -0.2) is 0 Å². The number of benzene rings is 1. The first-order valence-electron chi connectivity index (χ1n) is 7.12. The van der Waals surface area contributed by atoms with Crippen molar-refractivity contribution in [2.45, 2.75) is 25.0 Å². The minimum absolute atomic E-state index is 0.217. The molecule has 21 heavy (non-hydrogen) atoms. The second-order valence-electron chi connectivity index (χ2n) is 5.58. The van der Waals surface area contributed by atoms with Gasteiger partial charge in [-0.3, -0.25) is 4.90 Å². The van der Waals surface area contributed by atoms with Gasteiger partial charge >= 0.3 is 0 Å². The van der Waals surface area contributed by atoms with Crippen molar-refractivity contribution in [2.24, 2.45) is 0 Å². The lowest BCUT2D eigenvalue weighted by molar-refractivity contribution is -0.0692. The van der Waals surface area contributed by atoms with Gasteiger partial charge in [-0.1, -0.05) is 23.4 Å². The number of rotatable bonds is 4. The molecule has 1 aliphatic heterocycles. The Labute approximate surface area is 123 Å². The topological polar surface area (TPSA) is 82.6 Å². The maximum Gasteiger partial charge on any atom is 0.257 e. The number of piperidine rings is 1. The van der Waals surface area contributed by atoms with E-state index in [0.29, 0.717) is 31.2 Å². The second-order valence-corrected chi connectivity index (χ2v) is 5.58. The summed E-state index contributed by atoms with van der Waals surface area (Å²) in [5, 5.41) is 23.4. The Balaban J connectivity index is 1.67. The second kappa shape index (κ2) is 5.93. The molecule has 1 saturated heterocycles. The van der Waals surface area contributed by atoms with Crippen LogP contribution in [0.3, 0.4) is 0 Å². The Bertz CT molecular complexity index is 587. The Morgan fingerprint density at radius 3 is 2.86 bits per heavy atom. The van der Waals surface area contributed by atoms with Gasteiger partial charge in [-0.05, 0) is 31.5 Å². The molecule has 0 unspecified atom stereocenters. The van der Waals surface area contributed by atoms with Crippen molar-refractivity contribution in [3.05, 3.63) is 36.2 Å². The third-order valence-electron chi connectivity index (χ3n) is 3.78. The number of β-amino-alcohol motifs (C(OH)–C–C–N with tert-alkyl or cyclic N) is 1. The molecule has 0 aliphatic carbocycles. The number of aromatic nitrogens is 2. The van der Waals surface area contributed by atoms with Crippen molar-refractivity contribution in [3.8, 4) is 11.5 Å². The first kappa shape index (κ1) is 14.2. The fraction of sp³-hybridized carbons (Fsp3) is 0.467. The molecule has 2 N–H and O–H groups in total. The highest BCUT2D eigenvalue weighted by Gasteiger charge is 2.32. The van der Waals surface area contributed by atoms with Crippen molar-refractivity contribution in [1.82, 2.24) is 15.0 Å². The third-order valence-corrected chi connectivity index (χ3v) is 3.78. The average molecular weight is 289 g/mol. The van der Waals surface area contributed by atoms with E-state index < -0.39 is 5.60 Å². The number of hydrogen-bond acceptors (Lipinski definition) is 6. The molecule has 6 heteroatoms. The fourth-order valence-electron chi connectivity index (χ4n) is 2.69. The van der Waals surface area contributed by atoms with Crippen LogP contribution in [0, 0.1) is 0 Å². The minimum atomic E-state index is -1.01. The molecular weight excluding hydrogens is 270 g/mol.